The van der Waals surface area contributed by atoms with Crippen molar-refractivity contribution in [2.24, 2.45) is 17.3 Å². The number of carbonyl (C=O) groups excluding carboxylic acids is 2. The maximum absolute atomic E-state index is 12.3. The summed E-state index contributed by atoms with van der Waals surface area (Å²) < 4.78 is 10.4. The van der Waals surface area contributed by atoms with E-state index in [2.05, 4.69) is 12.2 Å². The van der Waals surface area contributed by atoms with Crippen LogP contribution in [0.1, 0.15) is 52.9 Å². The van der Waals surface area contributed by atoms with E-state index in [9.17, 15) is 9.59 Å². The number of allylic oxidation sites excluding steroid dienone is 2. The summed E-state index contributed by atoms with van der Waals surface area (Å²) in [5, 5.41) is 0. The van der Waals surface area contributed by atoms with Crippen LogP contribution < -0.4 is 0 Å². The normalized spacial score (nSPS) is 31.6. The first-order valence-electron chi connectivity index (χ1n) is 7.71. The number of esters is 2. The summed E-state index contributed by atoms with van der Waals surface area (Å²) in [5.41, 5.74) is -1.22. The molecule has 2 aliphatic rings. The second-order valence-corrected chi connectivity index (χ2v) is 7.41. The summed E-state index contributed by atoms with van der Waals surface area (Å²) in [7, 11) is 1.40. The topological polar surface area (TPSA) is 52.6 Å². The van der Waals surface area contributed by atoms with Gasteiger partial charge >= 0.3 is 11.9 Å². The van der Waals surface area contributed by atoms with Gasteiger partial charge in [0.05, 0.1) is 18.9 Å². The van der Waals surface area contributed by atoms with Crippen molar-refractivity contribution in [3.05, 3.63) is 12.2 Å². The molecule has 0 amide bonds. The molecule has 0 spiro atoms. The number of hydrogen-bond acceptors (Lipinski definition) is 4. The van der Waals surface area contributed by atoms with E-state index in [1.807, 2.05) is 20.8 Å². The van der Waals surface area contributed by atoms with E-state index < -0.39 is 11.0 Å². The van der Waals surface area contributed by atoms with E-state index >= 15 is 0 Å². The van der Waals surface area contributed by atoms with Crippen molar-refractivity contribution in [1.82, 2.24) is 0 Å². The first kappa shape index (κ1) is 16.1. The van der Waals surface area contributed by atoms with Crippen molar-refractivity contribution in [2.75, 3.05) is 7.11 Å². The predicted octanol–water partition coefficient (Wildman–Crippen LogP) is 3.25. The summed E-state index contributed by atoms with van der Waals surface area (Å²) in [4.78, 5) is 24.5. The molecular formula is C17H26O4. The second-order valence-electron chi connectivity index (χ2n) is 7.41. The zero-order valence-electron chi connectivity index (χ0n) is 13.5. The smallest absolute Gasteiger partial charge is 0.312 e. The van der Waals surface area contributed by atoms with Gasteiger partial charge in [-0.25, -0.2) is 0 Å². The minimum Gasteiger partial charge on any atom is -0.469 e. The molecule has 1 fully saturated rings. The van der Waals surface area contributed by atoms with E-state index in [0.29, 0.717) is 11.8 Å². The van der Waals surface area contributed by atoms with Crippen LogP contribution in [0.2, 0.25) is 0 Å². The van der Waals surface area contributed by atoms with Crippen molar-refractivity contribution < 1.29 is 19.1 Å². The quantitative estimate of drug-likeness (QED) is 0.592. The van der Waals surface area contributed by atoms with E-state index in [4.69, 9.17) is 9.47 Å². The number of methoxy groups -OCH3 is 1. The molecule has 0 heterocycles. The van der Waals surface area contributed by atoms with Gasteiger partial charge in [-0.05, 0) is 58.3 Å². The van der Waals surface area contributed by atoms with Crippen molar-refractivity contribution >= 4 is 11.9 Å². The molecule has 0 saturated heterocycles. The molecule has 118 valence electrons. The van der Waals surface area contributed by atoms with Gasteiger partial charge in [0.25, 0.3) is 0 Å². The minimum atomic E-state index is -0.696. The molecule has 2 aliphatic carbocycles. The lowest BCUT2D eigenvalue weighted by Crippen LogP contribution is -2.35. The maximum atomic E-state index is 12.3. The maximum Gasteiger partial charge on any atom is 0.312 e. The zero-order chi connectivity index (χ0) is 15.7. The van der Waals surface area contributed by atoms with Gasteiger partial charge in [-0.1, -0.05) is 12.2 Å². The van der Waals surface area contributed by atoms with E-state index in [1.165, 1.54) is 7.11 Å². The van der Waals surface area contributed by atoms with Gasteiger partial charge in [-0.2, -0.15) is 0 Å². The molecule has 2 atom stereocenters. The van der Waals surface area contributed by atoms with Gasteiger partial charge in [0.2, 0.25) is 0 Å². The summed E-state index contributed by atoms with van der Waals surface area (Å²) in [6.45, 7) is 5.52. The Hall–Kier alpha value is -1.32. The highest BCUT2D eigenvalue weighted by atomic mass is 16.6. The van der Waals surface area contributed by atoms with Gasteiger partial charge < -0.3 is 9.47 Å². The Kier molecular flexibility index (Phi) is 4.45. The van der Waals surface area contributed by atoms with Crippen molar-refractivity contribution in [3.8, 4) is 0 Å². The standard InChI is InChI=1S/C17H26O4/c1-16(2,3)21-14(18)11-17(15(19)20-4)9-12-7-5-6-8-13(12)10-17/h5-6,12-13H,7-11H2,1-4H3. The highest BCUT2D eigenvalue weighted by molar-refractivity contribution is 5.84. The van der Waals surface area contributed by atoms with Gasteiger partial charge in [-0.15, -0.1) is 0 Å². The average Bonchev–Trinajstić information content (AvgIpc) is 2.74. The molecule has 4 heteroatoms. The van der Waals surface area contributed by atoms with Crippen LogP contribution in [0.25, 0.3) is 0 Å². The van der Waals surface area contributed by atoms with Crippen LogP contribution in [0.3, 0.4) is 0 Å². The van der Waals surface area contributed by atoms with Crippen LogP contribution >= 0.6 is 0 Å². The Bertz CT molecular complexity index is 428. The third-order valence-corrected chi connectivity index (χ3v) is 4.54. The molecule has 0 aromatic carbocycles. The first-order valence-corrected chi connectivity index (χ1v) is 7.71. The van der Waals surface area contributed by atoms with Crippen LogP contribution in [0, 0.1) is 17.3 Å². The molecule has 0 N–H and O–H groups in total. The number of carbonyl (C=O) groups is 2. The van der Waals surface area contributed by atoms with Gasteiger partial charge in [-0.3, -0.25) is 9.59 Å². The molecule has 0 aromatic rings. The first-order chi connectivity index (χ1) is 9.76. The molecule has 21 heavy (non-hydrogen) atoms. The number of hydrogen-bond donors (Lipinski definition) is 0. The van der Waals surface area contributed by atoms with Crippen molar-refractivity contribution in [3.63, 3.8) is 0 Å². The Morgan fingerprint density at radius 3 is 2.10 bits per heavy atom. The second kappa shape index (κ2) is 5.82. The fraction of sp³-hybridized carbons (Fsp3) is 0.765. The molecule has 2 rings (SSSR count). The minimum absolute atomic E-state index is 0.129. The van der Waals surface area contributed by atoms with Crippen LogP contribution in [0.5, 0.6) is 0 Å². The highest BCUT2D eigenvalue weighted by Crippen LogP contribution is 2.52. The zero-order valence-corrected chi connectivity index (χ0v) is 13.5. The molecule has 0 radical (unpaired) electrons. The summed E-state index contributed by atoms with van der Waals surface area (Å²) in [5.74, 6) is 0.398. The Morgan fingerprint density at radius 2 is 1.67 bits per heavy atom. The molecule has 4 nitrogen and oxygen atoms in total. The average molecular weight is 294 g/mol. The monoisotopic (exact) mass is 294 g/mol. The lowest BCUT2D eigenvalue weighted by Gasteiger charge is -2.28. The molecule has 0 aromatic heterocycles. The Balaban J connectivity index is 2.13. The van der Waals surface area contributed by atoms with E-state index in [1.54, 1.807) is 0 Å². The third-order valence-electron chi connectivity index (χ3n) is 4.54. The van der Waals surface area contributed by atoms with Crippen LogP contribution in [-0.4, -0.2) is 24.6 Å². The van der Waals surface area contributed by atoms with Gasteiger partial charge in [0, 0.05) is 0 Å². The highest BCUT2D eigenvalue weighted by Gasteiger charge is 2.52. The molecule has 2 unspecified atom stereocenters. The molecule has 1 saturated carbocycles. The van der Waals surface area contributed by atoms with Gasteiger partial charge in [0.15, 0.2) is 0 Å². The van der Waals surface area contributed by atoms with Crippen molar-refractivity contribution in [2.45, 2.75) is 58.5 Å². The fourth-order valence-electron chi connectivity index (χ4n) is 3.77. The van der Waals surface area contributed by atoms with Crippen molar-refractivity contribution in [1.29, 1.82) is 0 Å². The Labute approximate surface area is 126 Å². The number of ether oxygens (including phenoxy) is 2. The van der Waals surface area contributed by atoms with Crippen LogP contribution in [0.15, 0.2) is 12.2 Å². The molecule has 0 aliphatic heterocycles. The summed E-state index contributed by atoms with van der Waals surface area (Å²) in [6, 6.07) is 0. The summed E-state index contributed by atoms with van der Waals surface area (Å²) in [6.07, 6.45) is 7.95. The van der Waals surface area contributed by atoms with E-state index in [-0.39, 0.29) is 18.4 Å². The van der Waals surface area contributed by atoms with Crippen LogP contribution in [-0.2, 0) is 19.1 Å². The number of fused-ring (bicyclic) bond motifs is 1. The number of rotatable bonds is 3. The van der Waals surface area contributed by atoms with E-state index in [0.717, 1.165) is 25.7 Å². The molecule has 0 bridgehead atoms. The summed E-state index contributed by atoms with van der Waals surface area (Å²) >= 11 is 0. The van der Waals surface area contributed by atoms with Gasteiger partial charge in [0.1, 0.15) is 5.60 Å². The lowest BCUT2D eigenvalue weighted by molar-refractivity contribution is -0.166. The molecular weight excluding hydrogens is 268 g/mol. The third kappa shape index (κ3) is 3.66. The SMILES string of the molecule is COC(=O)C1(CC(=O)OC(C)(C)C)CC2CC=CCC2C1. The Morgan fingerprint density at radius 1 is 1.14 bits per heavy atom. The largest absolute Gasteiger partial charge is 0.469 e. The predicted molar refractivity (Wildman–Crippen MR) is 79.5 cm³/mol. The van der Waals surface area contributed by atoms with Crippen LogP contribution in [0.4, 0.5) is 0 Å². The fourth-order valence-corrected chi connectivity index (χ4v) is 3.77. The lowest BCUT2D eigenvalue weighted by atomic mass is 9.81.